The van der Waals surface area contributed by atoms with Crippen LogP contribution in [0.25, 0.3) is 0 Å². The molecule has 0 aliphatic heterocycles. The molecule has 0 atom stereocenters. The average molecular weight is 315 g/mol. The number of aliphatic hydroxyl groups is 1. The Bertz CT molecular complexity index is 394. The Morgan fingerprint density at radius 1 is 0.522 bits per heavy atom. The summed E-state index contributed by atoms with van der Waals surface area (Å²) < 4.78 is 0. The molecular weight excluding hydrogens is 280 g/mol. The van der Waals surface area contributed by atoms with Crippen LogP contribution in [0.1, 0.15) is 58.3 Å². The molecule has 0 spiro atoms. The lowest BCUT2D eigenvalue weighted by atomic mass is 10.2. The van der Waals surface area contributed by atoms with E-state index in [1.807, 2.05) is 0 Å². The molecule has 1 N–H and O–H groups in total. The van der Waals surface area contributed by atoms with E-state index in [9.17, 15) is 0 Å². The van der Waals surface area contributed by atoms with Crippen molar-refractivity contribution in [3.8, 4) is 0 Å². The third kappa shape index (κ3) is 20.4. The van der Waals surface area contributed by atoms with Crippen LogP contribution in [0.4, 0.5) is 0 Å². The highest BCUT2D eigenvalue weighted by Gasteiger charge is 1.78. The highest BCUT2D eigenvalue weighted by molar-refractivity contribution is 5.01. The van der Waals surface area contributed by atoms with Crippen LogP contribution < -0.4 is 0 Å². The number of rotatable bonds is 14. The quantitative estimate of drug-likeness (QED) is 0.288. The van der Waals surface area contributed by atoms with Crippen LogP contribution in [0.3, 0.4) is 0 Å². The van der Waals surface area contributed by atoms with Gasteiger partial charge in [0.15, 0.2) is 0 Å². The maximum absolute atomic E-state index is 8.64. The first-order valence-corrected chi connectivity index (χ1v) is 8.92. The van der Waals surface area contributed by atoms with E-state index >= 15 is 0 Å². The van der Waals surface area contributed by atoms with E-state index < -0.39 is 0 Å². The van der Waals surface area contributed by atoms with Crippen molar-refractivity contribution in [2.24, 2.45) is 0 Å². The molecule has 0 aromatic carbocycles. The van der Waals surface area contributed by atoms with Gasteiger partial charge in [-0.25, -0.2) is 0 Å². The maximum atomic E-state index is 8.64. The zero-order chi connectivity index (χ0) is 16.8. The Morgan fingerprint density at radius 3 is 1.22 bits per heavy atom. The SMILES string of the molecule is CCC=CCC=CCC=CCC=CCC=CC/C=C\CCCO. The van der Waals surface area contributed by atoms with Gasteiger partial charge in [0.05, 0.1) is 0 Å². The fraction of sp³-hybridized carbons (Fsp3) is 0.455. The minimum atomic E-state index is 0.284. The average Bonchev–Trinajstić information content (AvgIpc) is 2.57. The monoisotopic (exact) mass is 314 g/mol. The molecule has 0 rings (SSSR count). The topological polar surface area (TPSA) is 20.2 Å². The first kappa shape index (κ1) is 21.4. The third-order valence-corrected chi connectivity index (χ3v) is 3.13. The van der Waals surface area contributed by atoms with Crippen molar-refractivity contribution in [3.63, 3.8) is 0 Å². The first-order valence-electron chi connectivity index (χ1n) is 8.92. The summed E-state index contributed by atoms with van der Waals surface area (Å²) in [6.07, 6.45) is 34.4. The molecule has 0 aromatic heterocycles. The normalized spacial score (nSPS) is 13.3. The van der Waals surface area contributed by atoms with Crippen LogP contribution in [0.15, 0.2) is 72.9 Å². The van der Waals surface area contributed by atoms with Crippen molar-refractivity contribution in [1.29, 1.82) is 0 Å². The van der Waals surface area contributed by atoms with E-state index in [0.29, 0.717) is 0 Å². The van der Waals surface area contributed by atoms with E-state index in [1.165, 1.54) is 0 Å². The molecule has 0 aliphatic rings. The molecule has 0 heterocycles. The van der Waals surface area contributed by atoms with Crippen molar-refractivity contribution < 1.29 is 5.11 Å². The molecular formula is C22H34O. The number of hydrogen-bond donors (Lipinski definition) is 1. The molecule has 1 heteroatoms. The van der Waals surface area contributed by atoms with E-state index in [0.717, 1.165) is 51.4 Å². The fourth-order valence-electron chi connectivity index (χ4n) is 1.85. The van der Waals surface area contributed by atoms with Crippen LogP contribution in [-0.4, -0.2) is 11.7 Å². The Hall–Kier alpha value is -1.60. The Kier molecular flexibility index (Phi) is 19.0. The molecule has 0 amide bonds. The summed E-state index contributed by atoms with van der Waals surface area (Å²) >= 11 is 0. The Morgan fingerprint density at radius 2 is 0.870 bits per heavy atom. The number of aliphatic hydroxyl groups excluding tert-OH is 1. The van der Waals surface area contributed by atoms with Gasteiger partial charge in [-0.3, -0.25) is 0 Å². The van der Waals surface area contributed by atoms with Crippen molar-refractivity contribution in [2.75, 3.05) is 6.61 Å². The maximum Gasteiger partial charge on any atom is 0.0433 e. The summed E-state index contributed by atoms with van der Waals surface area (Å²) in [6, 6.07) is 0. The second-order valence-electron chi connectivity index (χ2n) is 5.28. The van der Waals surface area contributed by atoms with Crippen molar-refractivity contribution in [3.05, 3.63) is 72.9 Å². The van der Waals surface area contributed by atoms with Gasteiger partial charge in [-0.2, -0.15) is 0 Å². The van der Waals surface area contributed by atoms with Crippen molar-refractivity contribution >= 4 is 0 Å². The van der Waals surface area contributed by atoms with Gasteiger partial charge in [0.1, 0.15) is 0 Å². The molecule has 0 aliphatic carbocycles. The van der Waals surface area contributed by atoms with Gasteiger partial charge < -0.3 is 5.11 Å². The molecule has 0 unspecified atom stereocenters. The van der Waals surface area contributed by atoms with Crippen LogP contribution in [0.5, 0.6) is 0 Å². The van der Waals surface area contributed by atoms with E-state index in [2.05, 4.69) is 79.8 Å². The molecule has 0 aromatic rings. The summed E-state index contributed by atoms with van der Waals surface area (Å²) in [4.78, 5) is 0. The Labute approximate surface area is 143 Å². The predicted molar refractivity (Wildman–Crippen MR) is 105 cm³/mol. The van der Waals surface area contributed by atoms with Crippen LogP contribution in [-0.2, 0) is 0 Å². The highest BCUT2D eigenvalue weighted by Crippen LogP contribution is 1.97. The lowest BCUT2D eigenvalue weighted by molar-refractivity contribution is 0.289. The number of unbranched alkanes of at least 4 members (excludes halogenated alkanes) is 1. The van der Waals surface area contributed by atoms with Crippen LogP contribution >= 0.6 is 0 Å². The fourth-order valence-corrected chi connectivity index (χ4v) is 1.85. The predicted octanol–water partition coefficient (Wildman–Crippen LogP) is 6.46. The lowest BCUT2D eigenvalue weighted by Gasteiger charge is -1.87. The third-order valence-electron chi connectivity index (χ3n) is 3.13. The van der Waals surface area contributed by atoms with E-state index in [-0.39, 0.29) is 6.61 Å². The number of hydrogen-bond acceptors (Lipinski definition) is 1. The minimum Gasteiger partial charge on any atom is -0.396 e. The molecule has 1 nitrogen and oxygen atoms in total. The van der Waals surface area contributed by atoms with E-state index in [4.69, 9.17) is 5.11 Å². The summed E-state index contributed by atoms with van der Waals surface area (Å²) in [7, 11) is 0. The van der Waals surface area contributed by atoms with Gasteiger partial charge in [-0.15, -0.1) is 0 Å². The van der Waals surface area contributed by atoms with Gasteiger partial charge in [0, 0.05) is 6.61 Å². The van der Waals surface area contributed by atoms with Gasteiger partial charge in [0.2, 0.25) is 0 Å². The number of allylic oxidation sites excluding steroid dienone is 12. The van der Waals surface area contributed by atoms with Crippen molar-refractivity contribution in [2.45, 2.75) is 58.3 Å². The summed E-state index contributed by atoms with van der Waals surface area (Å²) in [5.74, 6) is 0. The lowest BCUT2D eigenvalue weighted by Crippen LogP contribution is -1.77. The zero-order valence-corrected chi connectivity index (χ0v) is 14.7. The summed E-state index contributed by atoms with van der Waals surface area (Å²) in [5.41, 5.74) is 0. The minimum absolute atomic E-state index is 0.284. The van der Waals surface area contributed by atoms with Gasteiger partial charge in [0.25, 0.3) is 0 Å². The van der Waals surface area contributed by atoms with E-state index in [1.54, 1.807) is 0 Å². The second kappa shape index (κ2) is 20.4. The molecule has 23 heavy (non-hydrogen) atoms. The van der Waals surface area contributed by atoms with Crippen LogP contribution in [0, 0.1) is 0 Å². The van der Waals surface area contributed by atoms with Gasteiger partial charge in [-0.1, -0.05) is 79.8 Å². The van der Waals surface area contributed by atoms with Gasteiger partial charge in [-0.05, 0) is 51.4 Å². The standard InChI is InChI=1S/C22H34O/c1-2-3-4-5-6-7-8-9-10-11-12-13-14-15-16-17-18-19-20-21-22-23/h3-4,6-7,9-10,12-13,15-16,18-19,23H,2,5,8,11,14,17,20-22H2,1H3/b4-3?,7-6?,10-9?,13-12?,16-15?,19-18-. The zero-order valence-electron chi connectivity index (χ0n) is 14.7. The summed E-state index contributed by atoms with van der Waals surface area (Å²) in [5, 5.41) is 8.64. The molecule has 0 saturated heterocycles. The highest BCUT2D eigenvalue weighted by atomic mass is 16.2. The molecule has 0 bridgehead atoms. The molecule has 0 radical (unpaired) electrons. The molecule has 128 valence electrons. The van der Waals surface area contributed by atoms with Gasteiger partial charge >= 0.3 is 0 Å². The van der Waals surface area contributed by atoms with Crippen molar-refractivity contribution in [1.82, 2.24) is 0 Å². The molecule has 0 fully saturated rings. The molecule has 0 saturated carbocycles. The largest absolute Gasteiger partial charge is 0.396 e. The first-order chi connectivity index (χ1) is 11.4. The van der Waals surface area contributed by atoms with Crippen LogP contribution in [0.2, 0.25) is 0 Å². The smallest absolute Gasteiger partial charge is 0.0433 e. The second-order valence-corrected chi connectivity index (χ2v) is 5.28. The summed E-state index contributed by atoms with van der Waals surface area (Å²) in [6.45, 7) is 2.44. The Balaban J connectivity index is 3.47.